The first-order valence-corrected chi connectivity index (χ1v) is 6.93. The number of aryl methyl sites for hydroxylation is 1. The van der Waals surface area contributed by atoms with Crippen molar-refractivity contribution in [2.45, 2.75) is 13.3 Å². The summed E-state index contributed by atoms with van der Waals surface area (Å²) in [5.74, 6) is 0. The fourth-order valence-corrected chi connectivity index (χ4v) is 2.34. The second-order valence-electron chi connectivity index (χ2n) is 5.01. The number of aromatic amines is 1. The predicted octanol–water partition coefficient (Wildman–Crippen LogP) is 3.34. The molecule has 0 aliphatic rings. The Labute approximate surface area is 123 Å². The summed E-state index contributed by atoms with van der Waals surface area (Å²) in [5.41, 5.74) is 4.06. The molecule has 0 aliphatic heterocycles. The molecule has 0 atom stereocenters. The first kappa shape index (κ1) is 13.3. The van der Waals surface area contributed by atoms with E-state index in [2.05, 4.69) is 9.97 Å². The van der Waals surface area contributed by atoms with E-state index in [1.807, 2.05) is 67.6 Å². The van der Waals surface area contributed by atoms with Crippen LogP contribution in [0.25, 0.3) is 11.3 Å². The van der Waals surface area contributed by atoms with Crippen molar-refractivity contribution in [3.05, 3.63) is 88.0 Å². The smallest absolute Gasteiger partial charge is 0.274 e. The van der Waals surface area contributed by atoms with E-state index < -0.39 is 0 Å². The number of hydrogen-bond donors (Lipinski definition) is 1. The van der Waals surface area contributed by atoms with Crippen LogP contribution in [0.2, 0.25) is 0 Å². The number of benzene rings is 2. The molecule has 0 aliphatic carbocycles. The molecule has 0 unspecified atom stereocenters. The number of nitrogens with one attached hydrogen (secondary N) is 1. The maximum absolute atomic E-state index is 12.3. The van der Waals surface area contributed by atoms with E-state index in [9.17, 15) is 4.79 Å². The number of nitrogens with zero attached hydrogens (tertiary/aromatic N) is 1. The van der Waals surface area contributed by atoms with Crippen LogP contribution < -0.4 is 5.56 Å². The molecule has 0 saturated carbocycles. The van der Waals surface area contributed by atoms with E-state index in [0.29, 0.717) is 12.1 Å². The first-order chi connectivity index (χ1) is 10.2. The molecule has 0 saturated heterocycles. The second kappa shape index (κ2) is 5.75. The maximum atomic E-state index is 12.3. The van der Waals surface area contributed by atoms with Crippen molar-refractivity contribution >= 4 is 0 Å². The van der Waals surface area contributed by atoms with Gasteiger partial charge >= 0.3 is 0 Å². The molecule has 1 heterocycles. The molecule has 0 spiro atoms. The summed E-state index contributed by atoms with van der Waals surface area (Å²) in [6.07, 6.45) is 0.685. The average molecular weight is 276 g/mol. The van der Waals surface area contributed by atoms with Crippen molar-refractivity contribution in [3.8, 4) is 11.3 Å². The molecule has 1 aromatic heterocycles. The summed E-state index contributed by atoms with van der Waals surface area (Å²) in [6, 6.07) is 19.6. The zero-order valence-electron chi connectivity index (χ0n) is 11.8. The number of H-pyrrole nitrogens is 1. The van der Waals surface area contributed by atoms with Crippen LogP contribution in [0.15, 0.2) is 65.5 Å². The van der Waals surface area contributed by atoms with Crippen LogP contribution in [0.3, 0.4) is 0 Å². The molecule has 3 aromatic rings. The lowest BCUT2D eigenvalue weighted by Crippen LogP contribution is -2.16. The van der Waals surface area contributed by atoms with Gasteiger partial charge in [-0.2, -0.15) is 0 Å². The molecule has 3 heteroatoms. The van der Waals surface area contributed by atoms with Gasteiger partial charge in [-0.1, -0.05) is 60.7 Å². The third-order valence-electron chi connectivity index (χ3n) is 3.47. The largest absolute Gasteiger partial charge is 0.322 e. The van der Waals surface area contributed by atoms with Gasteiger partial charge in [-0.25, -0.2) is 4.98 Å². The van der Waals surface area contributed by atoms with Crippen LogP contribution in [0.1, 0.15) is 17.0 Å². The molecule has 0 amide bonds. The van der Waals surface area contributed by atoms with E-state index in [0.717, 1.165) is 22.5 Å². The van der Waals surface area contributed by atoms with Crippen LogP contribution in [0.5, 0.6) is 0 Å². The lowest BCUT2D eigenvalue weighted by Gasteiger charge is -2.08. The zero-order chi connectivity index (χ0) is 14.7. The number of rotatable bonds is 3. The third-order valence-corrected chi connectivity index (χ3v) is 3.47. The van der Waals surface area contributed by atoms with Crippen molar-refractivity contribution in [1.29, 1.82) is 0 Å². The van der Waals surface area contributed by atoms with Crippen LogP contribution >= 0.6 is 0 Å². The Morgan fingerprint density at radius 1 is 0.952 bits per heavy atom. The van der Waals surface area contributed by atoms with Gasteiger partial charge < -0.3 is 4.98 Å². The Hall–Kier alpha value is -2.68. The van der Waals surface area contributed by atoms with Gasteiger partial charge in [-0.3, -0.25) is 4.79 Å². The van der Waals surface area contributed by atoms with E-state index in [4.69, 9.17) is 0 Å². The highest BCUT2D eigenvalue weighted by atomic mass is 16.1. The van der Waals surface area contributed by atoms with E-state index in [1.54, 1.807) is 0 Å². The highest BCUT2D eigenvalue weighted by molar-refractivity contribution is 5.58. The molecule has 21 heavy (non-hydrogen) atoms. The summed E-state index contributed by atoms with van der Waals surface area (Å²) in [6.45, 7) is 1.93. The highest BCUT2D eigenvalue weighted by Crippen LogP contribution is 2.15. The molecule has 0 fully saturated rings. The molecule has 104 valence electrons. The Kier molecular flexibility index (Phi) is 3.65. The first-order valence-electron chi connectivity index (χ1n) is 6.93. The van der Waals surface area contributed by atoms with Gasteiger partial charge in [0, 0.05) is 17.7 Å². The van der Waals surface area contributed by atoms with E-state index in [-0.39, 0.29) is 5.56 Å². The minimum atomic E-state index is -0.141. The molecular weight excluding hydrogens is 260 g/mol. The van der Waals surface area contributed by atoms with Gasteiger partial charge in [0.25, 0.3) is 5.56 Å². The summed E-state index contributed by atoms with van der Waals surface area (Å²) in [5, 5.41) is 0. The molecule has 2 aromatic carbocycles. The molecule has 3 nitrogen and oxygen atoms in total. The van der Waals surface area contributed by atoms with E-state index in [1.165, 1.54) is 0 Å². The Morgan fingerprint density at radius 3 is 2.24 bits per heavy atom. The topological polar surface area (TPSA) is 45.8 Å². The fourth-order valence-electron chi connectivity index (χ4n) is 2.34. The molecule has 1 N–H and O–H groups in total. The molecule has 3 rings (SSSR count). The third kappa shape index (κ3) is 2.92. The normalized spacial score (nSPS) is 10.5. The monoisotopic (exact) mass is 276 g/mol. The van der Waals surface area contributed by atoms with Crippen molar-refractivity contribution in [1.82, 2.24) is 9.97 Å². The minimum absolute atomic E-state index is 0.141. The average Bonchev–Trinajstić information content (AvgIpc) is 2.52. The summed E-state index contributed by atoms with van der Waals surface area (Å²) in [7, 11) is 0. The number of hydrogen-bond acceptors (Lipinski definition) is 2. The van der Waals surface area contributed by atoms with Gasteiger partial charge in [0.15, 0.2) is 0 Å². The van der Waals surface area contributed by atoms with Crippen molar-refractivity contribution in [2.75, 3.05) is 0 Å². The van der Waals surface area contributed by atoms with Crippen LogP contribution in [-0.2, 0) is 6.42 Å². The summed E-state index contributed by atoms with van der Waals surface area (Å²) >= 11 is 0. The summed E-state index contributed by atoms with van der Waals surface area (Å²) in [4.78, 5) is 19.7. The standard InChI is InChI=1S/C18H16N2O/c1-13-16(12-14-8-4-2-5-9-14)20-18(21)17(19-13)15-10-6-3-7-11-15/h2-11H,12H2,1H3,(H,20,21). The Balaban J connectivity index is 1.99. The van der Waals surface area contributed by atoms with Gasteiger partial charge in [0.1, 0.15) is 5.69 Å². The van der Waals surface area contributed by atoms with Crippen molar-refractivity contribution in [2.24, 2.45) is 0 Å². The second-order valence-corrected chi connectivity index (χ2v) is 5.01. The quantitative estimate of drug-likeness (QED) is 0.797. The SMILES string of the molecule is Cc1nc(-c2ccccc2)c(=O)[nH]c1Cc1ccccc1. The van der Waals surface area contributed by atoms with E-state index >= 15 is 0 Å². The van der Waals surface area contributed by atoms with Crippen LogP contribution in [0.4, 0.5) is 0 Å². The van der Waals surface area contributed by atoms with Gasteiger partial charge in [0.05, 0.1) is 5.69 Å². The molecule has 0 bridgehead atoms. The maximum Gasteiger partial charge on any atom is 0.274 e. The van der Waals surface area contributed by atoms with Gasteiger partial charge in [0.2, 0.25) is 0 Å². The minimum Gasteiger partial charge on any atom is -0.322 e. The Bertz CT molecular complexity index is 792. The van der Waals surface area contributed by atoms with Crippen molar-refractivity contribution in [3.63, 3.8) is 0 Å². The van der Waals surface area contributed by atoms with Crippen LogP contribution in [-0.4, -0.2) is 9.97 Å². The number of aromatic nitrogens is 2. The lowest BCUT2D eigenvalue weighted by molar-refractivity contribution is 0.961. The Morgan fingerprint density at radius 2 is 1.57 bits per heavy atom. The fraction of sp³-hybridized carbons (Fsp3) is 0.111. The lowest BCUT2D eigenvalue weighted by atomic mass is 10.1. The molecular formula is C18H16N2O. The predicted molar refractivity (Wildman–Crippen MR) is 84.3 cm³/mol. The van der Waals surface area contributed by atoms with Crippen LogP contribution in [0, 0.1) is 6.92 Å². The summed E-state index contributed by atoms with van der Waals surface area (Å²) < 4.78 is 0. The van der Waals surface area contributed by atoms with Gasteiger partial charge in [-0.15, -0.1) is 0 Å². The molecule has 0 radical (unpaired) electrons. The van der Waals surface area contributed by atoms with Crippen molar-refractivity contribution < 1.29 is 0 Å². The van der Waals surface area contributed by atoms with Gasteiger partial charge in [-0.05, 0) is 12.5 Å². The zero-order valence-corrected chi connectivity index (χ0v) is 11.8. The highest BCUT2D eigenvalue weighted by Gasteiger charge is 2.09.